The Hall–Kier alpha value is -1.39. The number of nitrogens with one attached hydrogen (secondary N) is 1. The molecule has 0 aliphatic carbocycles. The van der Waals surface area contributed by atoms with Crippen molar-refractivity contribution in [3.8, 4) is 0 Å². The molecule has 1 saturated heterocycles. The first-order valence-corrected chi connectivity index (χ1v) is 6.59. The molecule has 1 atom stereocenters. The van der Waals surface area contributed by atoms with E-state index in [9.17, 15) is 9.18 Å². The predicted molar refractivity (Wildman–Crippen MR) is 80.4 cm³/mol. The number of hydrogen-bond acceptors (Lipinski definition) is 2. The normalized spacial score (nSPS) is 18.2. The molecular formula is C15H20ClFN2O. The summed E-state index contributed by atoms with van der Waals surface area (Å²) in [4.78, 5) is 14.0. The summed E-state index contributed by atoms with van der Waals surface area (Å²) < 4.78 is 13.3. The molecule has 110 valence electrons. The zero-order valence-electron chi connectivity index (χ0n) is 11.3. The van der Waals surface area contributed by atoms with E-state index in [1.807, 2.05) is 11.0 Å². The third-order valence-corrected chi connectivity index (χ3v) is 3.36. The van der Waals surface area contributed by atoms with Crippen LogP contribution >= 0.6 is 12.4 Å². The summed E-state index contributed by atoms with van der Waals surface area (Å²) in [6, 6.07) is 6.40. The van der Waals surface area contributed by atoms with Crippen molar-refractivity contribution in [1.82, 2.24) is 10.2 Å². The summed E-state index contributed by atoms with van der Waals surface area (Å²) in [5.41, 5.74) is 0.846. The molecule has 1 aliphatic rings. The van der Waals surface area contributed by atoms with E-state index in [1.54, 1.807) is 12.1 Å². The van der Waals surface area contributed by atoms with Gasteiger partial charge in [-0.3, -0.25) is 4.79 Å². The second-order valence-electron chi connectivity index (χ2n) is 4.69. The van der Waals surface area contributed by atoms with E-state index in [2.05, 4.69) is 11.9 Å². The first-order valence-electron chi connectivity index (χ1n) is 6.59. The van der Waals surface area contributed by atoms with Crippen molar-refractivity contribution in [2.75, 3.05) is 19.6 Å². The maximum Gasteiger partial charge on any atom is 0.223 e. The fraction of sp³-hybridized carbons (Fsp3) is 0.400. The SMILES string of the molecule is C=CCCC(=O)N1CCNCC1c1cccc(F)c1.Cl. The first kappa shape index (κ1) is 16.7. The van der Waals surface area contributed by atoms with Gasteiger partial charge in [0.2, 0.25) is 5.91 Å². The van der Waals surface area contributed by atoms with E-state index in [-0.39, 0.29) is 30.2 Å². The molecule has 2 rings (SSSR count). The van der Waals surface area contributed by atoms with Gasteiger partial charge in [0.1, 0.15) is 5.82 Å². The lowest BCUT2D eigenvalue weighted by Crippen LogP contribution is -2.48. The summed E-state index contributed by atoms with van der Waals surface area (Å²) in [5, 5.41) is 3.26. The molecule has 1 aliphatic heterocycles. The van der Waals surface area contributed by atoms with Crippen LogP contribution in [0, 0.1) is 5.82 Å². The van der Waals surface area contributed by atoms with Crippen molar-refractivity contribution in [2.24, 2.45) is 0 Å². The van der Waals surface area contributed by atoms with Gasteiger partial charge in [-0.15, -0.1) is 19.0 Å². The highest BCUT2D eigenvalue weighted by atomic mass is 35.5. The van der Waals surface area contributed by atoms with E-state index in [1.165, 1.54) is 12.1 Å². The number of carbonyl (C=O) groups excluding carboxylic acids is 1. The number of halogens is 2. The monoisotopic (exact) mass is 298 g/mol. The third-order valence-electron chi connectivity index (χ3n) is 3.36. The van der Waals surface area contributed by atoms with E-state index in [4.69, 9.17) is 0 Å². The van der Waals surface area contributed by atoms with Crippen molar-refractivity contribution in [1.29, 1.82) is 0 Å². The van der Waals surface area contributed by atoms with Crippen molar-refractivity contribution in [3.63, 3.8) is 0 Å². The van der Waals surface area contributed by atoms with Crippen molar-refractivity contribution in [2.45, 2.75) is 18.9 Å². The fourth-order valence-corrected chi connectivity index (χ4v) is 2.38. The van der Waals surface area contributed by atoms with Crippen molar-refractivity contribution in [3.05, 3.63) is 48.3 Å². The summed E-state index contributed by atoms with van der Waals surface area (Å²) in [6.45, 7) is 5.75. The Morgan fingerprint density at radius 1 is 1.55 bits per heavy atom. The van der Waals surface area contributed by atoms with Gasteiger partial charge in [0.25, 0.3) is 0 Å². The molecule has 0 aromatic heterocycles. The van der Waals surface area contributed by atoms with Crippen LogP contribution in [0.5, 0.6) is 0 Å². The highest BCUT2D eigenvalue weighted by molar-refractivity contribution is 5.85. The summed E-state index contributed by atoms with van der Waals surface area (Å²) in [6.07, 6.45) is 2.89. The Labute approximate surface area is 125 Å². The number of rotatable bonds is 4. The van der Waals surface area contributed by atoms with Crippen LogP contribution in [0.1, 0.15) is 24.4 Å². The first-order chi connectivity index (χ1) is 9.22. The largest absolute Gasteiger partial charge is 0.333 e. The minimum Gasteiger partial charge on any atom is -0.333 e. The van der Waals surface area contributed by atoms with Gasteiger partial charge in [0.05, 0.1) is 6.04 Å². The molecule has 0 radical (unpaired) electrons. The minimum absolute atomic E-state index is 0. The number of allylic oxidation sites excluding steroid dienone is 1. The standard InChI is InChI=1S/C15H19FN2O.ClH/c1-2-3-7-15(19)18-9-8-17-11-14(18)12-5-4-6-13(16)10-12;/h2,4-6,10,14,17H,1,3,7-9,11H2;1H. The average Bonchev–Trinajstić information content (AvgIpc) is 2.45. The maximum absolute atomic E-state index is 13.3. The average molecular weight is 299 g/mol. The summed E-state index contributed by atoms with van der Waals surface area (Å²) >= 11 is 0. The molecule has 1 fully saturated rings. The van der Waals surface area contributed by atoms with Gasteiger partial charge in [-0.2, -0.15) is 0 Å². The van der Waals surface area contributed by atoms with Gasteiger partial charge in [-0.25, -0.2) is 4.39 Å². The summed E-state index contributed by atoms with van der Waals surface area (Å²) in [5.74, 6) is -0.155. The molecule has 1 aromatic rings. The molecule has 5 heteroatoms. The third kappa shape index (κ3) is 4.05. The Kier molecular flexibility index (Phi) is 6.68. The molecular weight excluding hydrogens is 279 g/mol. The molecule has 3 nitrogen and oxygen atoms in total. The fourth-order valence-electron chi connectivity index (χ4n) is 2.38. The zero-order valence-corrected chi connectivity index (χ0v) is 12.2. The van der Waals surface area contributed by atoms with E-state index < -0.39 is 0 Å². The Morgan fingerprint density at radius 3 is 3.05 bits per heavy atom. The van der Waals surface area contributed by atoms with Gasteiger partial charge in [0.15, 0.2) is 0 Å². The second kappa shape index (κ2) is 8.02. The Balaban J connectivity index is 0.00000200. The van der Waals surface area contributed by atoms with Crippen LogP contribution in [0.25, 0.3) is 0 Å². The van der Waals surface area contributed by atoms with Gasteiger partial charge in [-0.1, -0.05) is 18.2 Å². The molecule has 0 bridgehead atoms. The van der Waals surface area contributed by atoms with Gasteiger partial charge in [0, 0.05) is 26.1 Å². The molecule has 1 N–H and O–H groups in total. The lowest BCUT2D eigenvalue weighted by molar-refractivity contribution is -0.134. The topological polar surface area (TPSA) is 32.3 Å². The minimum atomic E-state index is -0.262. The number of piperazine rings is 1. The molecule has 1 aromatic carbocycles. The zero-order chi connectivity index (χ0) is 13.7. The van der Waals surface area contributed by atoms with Gasteiger partial charge >= 0.3 is 0 Å². The molecule has 20 heavy (non-hydrogen) atoms. The Bertz CT molecular complexity index is 467. The van der Waals surface area contributed by atoms with E-state index in [0.717, 1.165) is 12.1 Å². The number of amides is 1. The van der Waals surface area contributed by atoms with Crippen LogP contribution < -0.4 is 5.32 Å². The number of benzene rings is 1. The van der Waals surface area contributed by atoms with E-state index >= 15 is 0 Å². The second-order valence-corrected chi connectivity index (χ2v) is 4.69. The van der Waals surface area contributed by atoms with Crippen LogP contribution in [0.2, 0.25) is 0 Å². The molecule has 1 heterocycles. The highest BCUT2D eigenvalue weighted by Crippen LogP contribution is 2.23. The number of hydrogen-bond donors (Lipinski definition) is 1. The summed E-state index contributed by atoms with van der Waals surface area (Å²) in [7, 11) is 0. The molecule has 0 spiro atoms. The highest BCUT2D eigenvalue weighted by Gasteiger charge is 2.27. The van der Waals surface area contributed by atoms with Crippen LogP contribution in [0.4, 0.5) is 4.39 Å². The maximum atomic E-state index is 13.3. The van der Waals surface area contributed by atoms with E-state index in [0.29, 0.717) is 25.9 Å². The Morgan fingerprint density at radius 2 is 2.35 bits per heavy atom. The number of carbonyl (C=O) groups is 1. The quantitative estimate of drug-likeness (QED) is 0.867. The molecule has 1 amide bonds. The molecule has 1 unspecified atom stereocenters. The number of nitrogens with zero attached hydrogens (tertiary/aromatic N) is 1. The van der Waals surface area contributed by atoms with Crippen LogP contribution in [-0.4, -0.2) is 30.4 Å². The van der Waals surface area contributed by atoms with Gasteiger partial charge < -0.3 is 10.2 Å². The van der Waals surface area contributed by atoms with Crippen LogP contribution in [-0.2, 0) is 4.79 Å². The molecule has 0 saturated carbocycles. The van der Waals surface area contributed by atoms with Gasteiger partial charge in [-0.05, 0) is 24.1 Å². The lowest BCUT2D eigenvalue weighted by atomic mass is 10.0. The van der Waals surface area contributed by atoms with Crippen LogP contribution in [0.15, 0.2) is 36.9 Å². The van der Waals surface area contributed by atoms with Crippen molar-refractivity contribution >= 4 is 18.3 Å². The predicted octanol–water partition coefficient (Wildman–Crippen LogP) is 2.69. The van der Waals surface area contributed by atoms with Crippen molar-refractivity contribution < 1.29 is 9.18 Å². The smallest absolute Gasteiger partial charge is 0.223 e. The van der Waals surface area contributed by atoms with Crippen LogP contribution in [0.3, 0.4) is 0 Å². The lowest BCUT2D eigenvalue weighted by Gasteiger charge is -2.36.